The number of hydrogen-bond acceptors (Lipinski definition) is 4. The van der Waals surface area contributed by atoms with Gasteiger partial charge in [-0.25, -0.2) is 9.97 Å². The Hall–Kier alpha value is -3.13. The van der Waals surface area contributed by atoms with Crippen LogP contribution in [0.25, 0.3) is 22.8 Å². The van der Waals surface area contributed by atoms with Crippen molar-refractivity contribution < 1.29 is 0 Å². The number of benzene rings is 1. The molecule has 2 aromatic heterocycles. The molecule has 5 heteroatoms. The Kier molecular flexibility index (Phi) is 3.13. The fourth-order valence-electron chi connectivity index (χ4n) is 2.17. The average Bonchev–Trinajstić information content (AvgIpc) is 2.84. The van der Waals surface area contributed by atoms with E-state index in [-0.39, 0.29) is 0 Å². The topological polar surface area (TPSA) is 80.5 Å². The molecule has 0 aliphatic carbocycles. The second-order valence-electron chi connectivity index (χ2n) is 4.68. The molecule has 3 rings (SSSR count). The Morgan fingerprint density at radius 3 is 2.71 bits per heavy atom. The smallest absolute Gasteiger partial charge is 0.160 e. The molecule has 5 nitrogen and oxygen atoms in total. The van der Waals surface area contributed by atoms with E-state index in [0.717, 1.165) is 16.7 Å². The molecule has 3 aromatic rings. The number of aryl methyl sites for hydroxylation is 1. The summed E-state index contributed by atoms with van der Waals surface area (Å²) in [4.78, 5) is 8.77. The molecular formula is C16H13N5. The third kappa shape index (κ3) is 2.35. The van der Waals surface area contributed by atoms with Gasteiger partial charge in [0.05, 0.1) is 5.57 Å². The number of fused-ring (bicyclic) bond motifs is 1. The monoisotopic (exact) mass is 275 g/mol. The molecule has 0 aliphatic heterocycles. The molecule has 2 N–H and O–H groups in total. The van der Waals surface area contributed by atoms with Gasteiger partial charge in [-0.3, -0.25) is 0 Å². The Bertz CT molecular complexity index is 866. The van der Waals surface area contributed by atoms with Crippen LogP contribution < -0.4 is 5.73 Å². The molecule has 0 fully saturated rings. The standard InChI is InChI=1S/C16H13N5/c1-21-15(20-14-3-2-8-19-16(14)21)12(10-17)9-11-4-6-13(18)7-5-11/h2-9H,18H2,1H3/b12-9-. The van der Waals surface area contributed by atoms with Crippen LogP contribution in [0.3, 0.4) is 0 Å². The van der Waals surface area contributed by atoms with Gasteiger partial charge in [-0.05, 0) is 35.9 Å². The molecule has 0 amide bonds. The van der Waals surface area contributed by atoms with E-state index in [4.69, 9.17) is 5.73 Å². The van der Waals surface area contributed by atoms with Crippen molar-refractivity contribution in [2.75, 3.05) is 5.73 Å². The fraction of sp³-hybridized carbons (Fsp3) is 0.0625. The summed E-state index contributed by atoms with van der Waals surface area (Å²) >= 11 is 0. The number of nitrogens with zero attached hydrogens (tertiary/aromatic N) is 4. The second-order valence-corrected chi connectivity index (χ2v) is 4.68. The maximum atomic E-state index is 9.43. The van der Waals surface area contributed by atoms with E-state index in [1.165, 1.54) is 0 Å². The number of allylic oxidation sites excluding steroid dienone is 1. The van der Waals surface area contributed by atoms with E-state index in [2.05, 4.69) is 16.0 Å². The summed E-state index contributed by atoms with van der Waals surface area (Å²) in [6.45, 7) is 0. The van der Waals surface area contributed by atoms with Crippen molar-refractivity contribution in [2.45, 2.75) is 0 Å². The fourth-order valence-corrected chi connectivity index (χ4v) is 2.17. The van der Waals surface area contributed by atoms with Crippen LogP contribution in [0, 0.1) is 11.3 Å². The van der Waals surface area contributed by atoms with Gasteiger partial charge in [-0.2, -0.15) is 5.26 Å². The van der Waals surface area contributed by atoms with E-state index < -0.39 is 0 Å². The minimum absolute atomic E-state index is 0.486. The SMILES string of the molecule is Cn1c(/C(C#N)=C\c2ccc(N)cc2)nc2cccnc21. The molecule has 102 valence electrons. The molecule has 0 spiro atoms. The summed E-state index contributed by atoms with van der Waals surface area (Å²) in [7, 11) is 1.85. The summed E-state index contributed by atoms with van der Waals surface area (Å²) in [5.74, 6) is 0.600. The van der Waals surface area contributed by atoms with Gasteiger partial charge < -0.3 is 10.3 Å². The Morgan fingerprint density at radius 1 is 1.29 bits per heavy atom. The number of imidazole rings is 1. The van der Waals surface area contributed by atoms with E-state index in [9.17, 15) is 5.26 Å². The van der Waals surface area contributed by atoms with Crippen LogP contribution in [0.2, 0.25) is 0 Å². The number of rotatable bonds is 2. The first-order chi connectivity index (χ1) is 10.2. The molecule has 0 bridgehead atoms. The lowest BCUT2D eigenvalue weighted by molar-refractivity contribution is 0.910. The summed E-state index contributed by atoms with van der Waals surface area (Å²) in [6.07, 6.45) is 3.50. The van der Waals surface area contributed by atoms with E-state index >= 15 is 0 Å². The predicted molar refractivity (Wildman–Crippen MR) is 82.8 cm³/mol. The zero-order valence-corrected chi connectivity index (χ0v) is 11.5. The van der Waals surface area contributed by atoms with Gasteiger partial charge in [0, 0.05) is 18.9 Å². The van der Waals surface area contributed by atoms with Crippen molar-refractivity contribution in [3.8, 4) is 6.07 Å². The largest absolute Gasteiger partial charge is 0.399 e. The molecule has 0 aliphatic rings. The maximum Gasteiger partial charge on any atom is 0.160 e. The number of hydrogen-bond donors (Lipinski definition) is 1. The van der Waals surface area contributed by atoms with Crippen molar-refractivity contribution in [3.63, 3.8) is 0 Å². The predicted octanol–water partition coefficient (Wildman–Crippen LogP) is 2.61. The van der Waals surface area contributed by atoms with Crippen LogP contribution in [-0.4, -0.2) is 14.5 Å². The molecule has 0 radical (unpaired) electrons. The van der Waals surface area contributed by atoms with Gasteiger partial charge >= 0.3 is 0 Å². The first kappa shape index (κ1) is 12.9. The summed E-state index contributed by atoms with van der Waals surface area (Å²) in [6, 6.07) is 13.3. The molecule has 0 unspecified atom stereocenters. The minimum Gasteiger partial charge on any atom is -0.399 e. The first-order valence-corrected chi connectivity index (χ1v) is 6.44. The normalized spacial score (nSPS) is 11.5. The van der Waals surface area contributed by atoms with Crippen molar-refractivity contribution in [3.05, 3.63) is 54.0 Å². The van der Waals surface area contributed by atoms with E-state index in [1.807, 2.05) is 35.9 Å². The number of nitrogens with two attached hydrogens (primary N) is 1. The maximum absolute atomic E-state index is 9.43. The van der Waals surface area contributed by atoms with Gasteiger partial charge in [0.1, 0.15) is 11.6 Å². The van der Waals surface area contributed by atoms with Crippen LogP contribution in [0.1, 0.15) is 11.4 Å². The van der Waals surface area contributed by atoms with Crippen molar-refractivity contribution in [2.24, 2.45) is 7.05 Å². The highest BCUT2D eigenvalue weighted by atomic mass is 15.1. The highest BCUT2D eigenvalue weighted by Crippen LogP contribution is 2.21. The van der Waals surface area contributed by atoms with Crippen LogP contribution in [-0.2, 0) is 7.05 Å². The van der Waals surface area contributed by atoms with Gasteiger partial charge in [0.2, 0.25) is 0 Å². The lowest BCUT2D eigenvalue weighted by atomic mass is 10.1. The molecular weight excluding hydrogens is 262 g/mol. The number of nitriles is 1. The lowest BCUT2D eigenvalue weighted by Crippen LogP contribution is -1.97. The quantitative estimate of drug-likeness (QED) is 0.576. The summed E-state index contributed by atoms with van der Waals surface area (Å²) < 4.78 is 1.82. The molecule has 21 heavy (non-hydrogen) atoms. The van der Waals surface area contributed by atoms with Gasteiger partial charge in [-0.1, -0.05) is 12.1 Å². The second kappa shape index (κ2) is 5.10. The Morgan fingerprint density at radius 2 is 2.05 bits per heavy atom. The zero-order valence-electron chi connectivity index (χ0n) is 11.5. The third-order valence-electron chi connectivity index (χ3n) is 3.24. The highest BCUT2D eigenvalue weighted by Gasteiger charge is 2.12. The van der Waals surface area contributed by atoms with Crippen molar-refractivity contribution in [1.29, 1.82) is 5.26 Å². The van der Waals surface area contributed by atoms with Gasteiger partial charge in [-0.15, -0.1) is 0 Å². The van der Waals surface area contributed by atoms with Crippen LogP contribution in [0.15, 0.2) is 42.6 Å². The van der Waals surface area contributed by atoms with Gasteiger partial charge in [0.25, 0.3) is 0 Å². The number of pyridine rings is 1. The Balaban J connectivity index is 2.12. The first-order valence-electron chi connectivity index (χ1n) is 6.44. The summed E-state index contributed by atoms with van der Waals surface area (Å²) in [5.41, 5.74) is 9.28. The average molecular weight is 275 g/mol. The molecule has 1 aromatic carbocycles. The number of aromatic nitrogens is 3. The lowest BCUT2D eigenvalue weighted by Gasteiger charge is -2.01. The highest BCUT2D eigenvalue weighted by molar-refractivity contribution is 5.90. The number of anilines is 1. The van der Waals surface area contributed by atoms with Crippen LogP contribution in [0.5, 0.6) is 0 Å². The summed E-state index contributed by atoms with van der Waals surface area (Å²) in [5, 5.41) is 9.43. The Labute approximate surface area is 122 Å². The minimum atomic E-state index is 0.486. The van der Waals surface area contributed by atoms with E-state index in [1.54, 1.807) is 24.4 Å². The van der Waals surface area contributed by atoms with Crippen LogP contribution >= 0.6 is 0 Å². The van der Waals surface area contributed by atoms with Gasteiger partial charge in [0.15, 0.2) is 11.5 Å². The molecule has 2 heterocycles. The molecule has 0 saturated carbocycles. The van der Waals surface area contributed by atoms with Crippen molar-refractivity contribution >= 4 is 28.5 Å². The molecule has 0 saturated heterocycles. The third-order valence-corrected chi connectivity index (χ3v) is 3.24. The van der Waals surface area contributed by atoms with Crippen molar-refractivity contribution in [1.82, 2.24) is 14.5 Å². The molecule has 0 atom stereocenters. The number of nitrogen functional groups attached to an aromatic ring is 1. The van der Waals surface area contributed by atoms with Crippen LogP contribution in [0.4, 0.5) is 5.69 Å². The van der Waals surface area contributed by atoms with E-state index in [0.29, 0.717) is 17.1 Å². The zero-order chi connectivity index (χ0) is 14.8.